The Morgan fingerprint density at radius 2 is 2.15 bits per heavy atom. The molecule has 2 aromatic rings. The normalized spacial score (nSPS) is 29.2. The van der Waals surface area contributed by atoms with Gasteiger partial charge in [-0.05, 0) is 41.9 Å². The van der Waals surface area contributed by atoms with Crippen molar-refractivity contribution >= 4 is 27.1 Å². The van der Waals surface area contributed by atoms with Crippen LogP contribution >= 0.6 is 0 Å². The maximum absolute atomic E-state index is 12.3. The fourth-order valence-corrected chi connectivity index (χ4v) is 5.44. The van der Waals surface area contributed by atoms with Crippen LogP contribution in [0.15, 0.2) is 42.7 Å². The van der Waals surface area contributed by atoms with Crippen molar-refractivity contribution in [1.29, 1.82) is 0 Å². The molecule has 1 saturated heterocycles. The van der Waals surface area contributed by atoms with Gasteiger partial charge in [-0.1, -0.05) is 30.7 Å². The molecular formula is C17H17NOS. The summed E-state index contributed by atoms with van der Waals surface area (Å²) in [6, 6.07) is 8.49. The van der Waals surface area contributed by atoms with Gasteiger partial charge in [0.1, 0.15) is 0 Å². The van der Waals surface area contributed by atoms with Crippen LogP contribution in [0.1, 0.15) is 31.2 Å². The van der Waals surface area contributed by atoms with E-state index in [1.165, 1.54) is 28.3 Å². The molecule has 3 heteroatoms. The smallest absolute Gasteiger partial charge is 0.0536 e. The number of rotatable bonds is 1. The van der Waals surface area contributed by atoms with E-state index in [2.05, 4.69) is 35.3 Å². The molecule has 0 amide bonds. The maximum Gasteiger partial charge on any atom is 0.0536 e. The fraction of sp³-hybridized carbons (Fsp3) is 0.353. The van der Waals surface area contributed by atoms with E-state index in [0.29, 0.717) is 5.25 Å². The molecule has 2 aliphatic rings. The predicted octanol–water partition coefficient (Wildman–Crippen LogP) is 3.69. The first-order chi connectivity index (χ1) is 9.83. The molecule has 20 heavy (non-hydrogen) atoms. The van der Waals surface area contributed by atoms with Crippen molar-refractivity contribution in [3.05, 3.63) is 48.3 Å². The highest BCUT2D eigenvalue weighted by molar-refractivity contribution is 7.86. The number of benzene rings is 1. The van der Waals surface area contributed by atoms with E-state index in [-0.39, 0.29) is 5.25 Å². The number of fused-ring (bicyclic) bond motifs is 3. The van der Waals surface area contributed by atoms with Gasteiger partial charge in [-0.15, -0.1) is 0 Å². The first-order valence-electron chi connectivity index (χ1n) is 7.26. The van der Waals surface area contributed by atoms with Gasteiger partial charge in [-0.25, -0.2) is 0 Å². The Labute approximate surface area is 121 Å². The molecule has 0 saturated carbocycles. The van der Waals surface area contributed by atoms with Crippen LogP contribution in [0.5, 0.6) is 0 Å². The second kappa shape index (κ2) is 4.81. The molecule has 102 valence electrons. The highest BCUT2D eigenvalue weighted by Crippen LogP contribution is 2.38. The summed E-state index contributed by atoms with van der Waals surface area (Å²) < 4.78 is 12.3. The lowest BCUT2D eigenvalue weighted by molar-refractivity contribution is 0.579. The molecule has 1 aromatic heterocycles. The van der Waals surface area contributed by atoms with Gasteiger partial charge in [0.05, 0.1) is 5.25 Å². The average Bonchev–Trinajstić information content (AvgIpc) is 2.46. The van der Waals surface area contributed by atoms with Crippen LogP contribution in [0.2, 0.25) is 0 Å². The molecule has 3 heterocycles. The van der Waals surface area contributed by atoms with Crippen LogP contribution in [-0.2, 0) is 10.8 Å². The van der Waals surface area contributed by atoms with Crippen LogP contribution in [0.25, 0.3) is 16.3 Å². The molecule has 3 unspecified atom stereocenters. The molecule has 1 aromatic carbocycles. The minimum Gasteiger partial charge on any atom is -0.264 e. The van der Waals surface area contributed by atoms with Gasteiger partial charge in [0.2, 0.25) is 0 Å². The summed E-state index contributed by atoms with van der Waals surface area (Å²) in [4.78, 5) is 4.20. The van der Waals surface area contributed by atoms with Crippen LogP contribution < -0.4 is 0 Å². The predicted molar refractivity (Wildman–Crippen MR) is 83.9 cm³/mol. The van der Waals surface area contributed by atoms with E-state index >= 15 is 0 Å². The Balaban J connectivity index is 1.86. The highest BCUT2D eigenvalue weighted by Gasteiger charge is 2.33. The molecule has 4 rings (SSSR count). The maximum atomic E-state index is 12.3. The number of nitrogens with zero attached hydrogens (tertiary/aromatic N) is 1. The van der Waals surface area contributed by atoms with Crippen LogP contribution in [-0.4, -0.2) is 19.7 Å². The second-order valence-electron chi connectivity index (χ2n) is 5.72. The number of allylic oxidation sites excluding steroid dienone is 1. The van der Waals surface area contributed by atoms with E-state index in [0.717, 1.165) is 19.3 Å². The highest BCUT2D eigenvalue weighted by atomic mass is 32.2. The SMILES string of the molecule is O=S1C2C=C(c3cccc4cnccc34)CC1CCC2. The van der Waals surface area contributed by atoms with Crippen molar-refractivity contribution < 1.29 is 4.21 Å². The Morgan fingerprint density at radius 3 is 3.05 bits per heavy atom. The van der Waals surface area contributed by atoms with Crippen LogP contribution in [0.3, 0.4) is 0 Å². The van der Waals surface area contributed by atoms with Crippen molar-refractivity contribution in [3.63, 3.8) is 0 Å². The van der Waals surface area contributed by atoms with Crippen LogP contribution in [0, 0.1) is 0 Å². The molecule has 1 fully saturated rings. The lowest BCUT2D eigenvalue weighted by atomic mass is 9.91. The minimum absolute atomic E-state index is 0.273. The summed E-state index contributed by atoms with van der Waals surface area (Å²) in [5.74, 6) is 0. The Bertz CT molecular complexity index is 717. The molecule has 0 aliphatic carbocycles. The third-order valence-electron chi connectivity index (χ3n) is 4.50. The zero-order chi connectivity index (χ0) is 13.5. The average molecular weight is 283 g/mol. The molecule has 2 nitrogen and oxygen atoms in total. The third-order valence-corrected chi connectivity index (χ3v) is 6.53. The molecular weight excluding hydrogens is 266 g/mol. The lowest BCUT2D eigenvalue weighted by Crippen LogP contribution is -2.33. The van der Waals surface area contributed by atoms with Gasteiger partial charge < -0.3 is 0 Å². The molecule has 3 atom stereocenters. The largest absolute Gasteiger partial charge is 0.264 e. The Hall–Kier alpha value is -1.48. The van der Waals surface area contributed by atoms with Gasteiger partial charge in [0.15, 0.2) is 0 Å². The zero-order valence-electron chi connectivity index (χ0n) is 11.3. The monoisotopic (exact) mass is 283 g/mol. The molecule has 0 radical (unpaired) electrons. The summed E-state index contributed by atoms with van der Waals surface area (Å²) in [5, 5.41) is 3.09. The van der Waals surface area contributed by atoms with E-state index < -0.39 is 10.8 Å². The van der Waals surface area contributed by atoms with Gasteiger partial charge in [0, 0.05) is 33.8 Å². The van der Waals surface area contributed by atoms with Crippen LogP contribution in [0.4, 0.5) is 0 Å². The van der Waals surface area contributed by atoms with E-state index in [9.17, 15) is 4.21 Å². The fourth-order valence-electron chi connectivity index (χ4n) is 3.50. The number of aromatic nitrogens is 1. The summed E-state index contributed by atoms with van der Waals surface area (Å²) in [5.41, 5.74) is 2.69. The molecule has 0 spiro atoms. The van der Waals surface area contributed by atoms with Crippen molar-refractivity contribution in [3.8, 4) is 0 Å². The van der Waals surface area contributed by atoms with Crippen molar-refractivity contribution in [2.45, 2.75) is 36.2 Å². The topological polar surface area (TPSA) is 30.0 Å². The minimum atomic E-state index is -0.653. The van der Waals surface area contributed by atoms with Crippen molar-refractivity contribution in [2.75, 3.05) is 0 Å². The zero-order valence-corrected chi connectivity index (χ0v) is 12.1. The molecule has 0 N–H and O–H groups in total. The van der Waals surface area contributed by atoms with E-state index in [1.54, 1.807) is 0 Å². The summed E-state index contributed by atoms with van der Waals surface area (Å²) in [6.45, 7) is 0. The van der Waals surface area contributed by atoms with Gasteiger partial charge in [0.25, 0.3) is 0 Å². The number of hydrogen-bond donors (Lipinski definition) is 0. The van der Waals surface area contributed by atoms with Crippen molar-refractivity contribution in [2.24, 2.45) is 0 Å². The Morgan fingerprint density at radius 1 is 1.20 bits per heavy atom. The third kappa shape index (κ3) is 1.92. The first kappa shape index (κ1) is 12.3. The molecule has 2 aliphatic heterocycles. The number of pyridine rings is 1. The van der Waals surface area contributed by atoms with E-state index in [4.69, 9.17) is 0 Å². The summed E-state index contributed by atoms with van der Waals surface area (Å²) in [6.07, 6.45) is 10.4. The first-order valence-corrected chi connectivity index (χ1v) is 8.54. The standard InChI is InChI=1S/C17H17NOS/c19-20-14-4-2-5-15(20)10-13(9-14)16-6-1-3-12-11-18-8-7-17(12)16/h1,3,6-9,11,14-15H,2,4-5,10H2. The van der Waals surface area contributed by atoms with Crippen molar-refractivity contribution in [1.82, 2.24) is 4.98 Å². The van der Waals surface area contributed by atoms with Gasteiger partial charge >= 0.3 is 0 Å². The van der Waals surface area contributed by atoms with Gasteiger partial charge in [-0.3, -0.25) is 9.19 Å². The summed E-state index contributed by atoms with van der Waals surface area (Å²) in [7, 11) is -0.653. The summed E-state index contributed by atoms with van der Waals surface area (Å²) >= 11 is 0. The second-order valence-corrected chi connectivity index (χ2v) is 7.65. The van der Waals surface area contributed by atoms with Gasteiger partial charge in [-0.2, -0.15) is 0 Å². The number of hydrogen-bond acceptors (Lipinski definition) is 2. The molecule has 2 bridgehead atoms. The van der Waals surface area contributed by atoms with E-state index in [1.807, 2.05) is 12.4 Å². The Kier molecular flexibility index (Phi) is 2.95. The lowest BCUT2D eigenvalue weighted by Gasteiger charge is -2.33. The quantitative estimate of drug-likeness (QED) is 0.799.